The zero-order valence-corrected chi connectivity index (χ0v) is 6.61. The standard InChI is InChI=1S/C4H7N3.C2H5NO/c1-7-3-2-4(5)6-7;1-2(3)4/h2-3H,1H3,(H2,5,6);1H3,(H2,3,4). The predicted octanol–water partition coefficient (Wildman–Crippen LogP) is -0.506. The monoisotopic (exact) mass is 156 g/mol. The van der Waals surface area contributed by atoms with E-state index in [1.165, 1.54) is 6.92 Å². The molecule has 0 saturated heterocycles. The van der Waals surface area contributed by atoms with Crippen molar-refractivity contribution in [1.82, 2.24) is 9.78 Å². The maximum atomic E-state index is 9.22. The van der Waals surface area contributed by atoms with Crippen LogP contribution in [0.3, 0.4) is 0 Å². The Morgan fingerprint density at radius 3 is 2.27 bits per heavy atom. The number of anilines is 1. The van der Waals surface area contributed by atoms with E-state index < -0.39 is 0 Å². The topological polar surface area (TPSA) is 86.9 Å². The molecule has 1 aromatic rings. The molecule has 62 valence electrons. The molecule has 0 aliphatic rings. The van der Waals surface area contributed by atoms with Crippen LogP contribution < -0.4 is 11.5 Å². The van der Waals surface area contributed by atoms with E-state index >= 15 is 0 Å². The van der Waals surface area contributed by atoms with Crippen LogP contribution in [0.4, 0.5) is 5.82 Å². The van der Waals surface area contributed by atoms with Gasteiger partial charge in [-0.2, -0.15) is 5.10 Å². The van der Waals surface area contributed by atoms with E-state index in [9.17, 15) is 4.79 Å². The summed E-state index contributed by atoms with van der Waals surface area (Å²) in [5.41, 5.74) is 9.72. The van der Waals surface area contributed by atoms with Gasteiger partial charge in [0.2, 0.25) is 5.91 Å². The third-order valence-electron chi connectivity index (χ3n) is 0.734. The molecule has 0 aromatic carbocycles. The lowest BCUT2D eigenvalue weighted by atomic mass is 10.7. The average Bonchev–Trinajstić information content (AvgIpc) is 2.13. The Bertz CT molecular complexity index is 210. The minimum atomic E-state index is -0.333. The van der Waals surface area contributed by atoms with E-state index in [-0.39, 0.29) is 5.91 Å². The summed E-state index contributed by atoms with van der Waals surface area (Å²) in [6, 6.07) is 1.75. The van der Waals surface area contributed by atoms with Crippen molar-refractivity contribution in [3.8, 4) is 0 Å². The van der Waals surface area contributed by atoms with Gasteiger partial charge in [0.05, 0.1) is 0 Å². The van der Waals surface area contributed by atoms with Gasteiger partial charge < -0.3 is 11.5 Å². The van der Waals surface area contributed by atoms with E-state index in [0.29, 0.717) is 5.82 Å². The minimum Gasteiger partial charge on any atom is -0.382 e. The number of nitrogen functional groups attached to an aromatic ring is 1. The first-order valence-electron chi connectivity index (χ1n) is 3.03. The van der Waals surface area contributed by atoms with Crippen molar-refractivity contribution < 1.29 is 4.79 Å². The predicted molar refractivity (Wildman–Crippen MR) is 42.5 cm³/mol. The highest BCUT2D eigenvalue weighted by Gasteiger charge is 1.82. The first kappa shape index (κ1) is 9.48. The number of hydrogen-bond donors (Lipinski definition) is 2. The number of nitrogens with zero attached hydrogens (tertiary/aromatic N) is 2. The van der Waals surface area contributed by atoms with Crippen molar-refractivity contribution in [3.05, 3.63) is 12.3 Å². The van der Waals surface area contributed by atoms with Crippen molar-refractivity contribution in [2.24, 2.45) is 12.8 Å². The number of carbonyl (C=O) groups is 1. The number of nitrogens with two attached hydrogens (primary N) is 2. The Balaban J connectivity index is 0.000000218. The normalized spacial score (nSPS) is 8.18. The Morgan fingerprint density at radius 2 is 2.18 bits per heavy atom. The Labute approximate surface area is 65.0 Å². The molecule has 0 bridgehead atoms. The molecule has 0 aliphatic heterocycles. The third kappa shape index (κ3) is 6.36. The molecule has 0 fully saturated rings. The maximum Gasteiger partial charge on any atom is 0.214 e. The third-order valence-corrected chi connectivity index (χ3v) is 0.734. The van der Waals surface area contributed by atoms with Crippen molar-refractivity contribution in [3.63, 3.8) is 0 Å². The molecule has 1 rings (SSSR count). The first-order valence-corrected chi connectivity index (χ1v) is 3.03. The molecule has 0 atom stereocenters. The van der Waals surface area contributed by atoms with Crippen molar-refractivity contribution in [2.45, 2.75) is 6.92 Å². The highest BCUT2D eigenvalue weighted by molar-refractivity contribution is 5.70. The lowest BCUT2D eigenvalue weighted by molar-refractivity contribution is -0.115. The Kier molecular flexibility index (Phi) is 3.72. The molecule has 0 radical (unpaired) electrons. The molecule has 1 heterocycles. The highest BCUT2D eigenvalue weighted by Crippen LogP contribution is 1.90. The summed E-state index contributed by atoms with van der Waals surface area (Å²) in [4.78, 5) is 9.22. The first-order chi connectivity index (χ1) is 5.02. The van der Waals surface area contributed by atoms with Gasteiger partial charge in [0, 0.05) is 20.2 Å². The van der Waals surface area contributed by atoms with E-state index in [1.807, 2.05) is 7.05 Å². The lowest BCUT2D eigenvalue weighted by Gasteiger charge is -1.79. The van der Waals surface area contributed by atoms with Gasteiger partial charge >= 0.3 is 0 Å². The molecule has 5 nitrogen and oxygen atoms in total. The molecular weight excluding hydrogens is 144 g/mol. The van der Waals surface area contributed by atoms with Gasteiger partial charge in [0.25, 0.3) is 0 Å². The van der Waals surface area contributed by atoms with Crippen LogP contribution in [0.15, 0.2) is 12.3 Å². The maximum absolute atomic E-state index is 9.22. The zero-order chi connectivity index (χ0) is 8.85. The summed E-state index contributed by atoms with van der Waals surface area (Å²) >= 11 is 0. The number of aryl methyl sites for hydroxylation is 1. The molecule has 5 heteroatoms. The second kappa shape index (κ2) is 4.32. The molecule has 0 unspecified atom stereocenters. The highest BCUT2D eigenvalue weighted by atomic mass is 16.1. The van der Waals surface area contributed by atoms with E-state index in [0.717, 1.165) is 0 Å². The van der Waals surface area contributed by atoms with Crippen LogP contribution in [0.5, 0.6) is 0 Å². The SMILES string of the molecule is CC(N)=O.Cn1ccc(N)n1. The van der Waals surface area contributed by atoms with Gasteiger partial charge in [0.1, 0.15) is 5.82 Å². The lowest BCUT2D eigenvalue weighted by Crippen LogP contribution is -2.01. The Morgan fingerprint density at radius 1 is 1.73 bits per heavy atom. The smallest absolute Gasteiger partial charge is 0.214 e. The van der Waals surface area contributed by atoms with E-state index in [4.69, 9.17) is 5.73 Å². The summed E-state index contributed by atoms with van der Waals surface area (Å²) in [6.07, 6.45) is 1.80. The molecule has 4 N–H and O–H groups in total. The van der Waals surface area contributed by atoms with Crippen LogP contribution in [0.25, 0.3) is 0 Å². The Hall–Kier alpha value is -1.52. The number of aromatic nitrogens is 2. The quantitative estimate of drug-likeness (QED) is 0.530. The number of hydrogen-bond acceptors (Lipinski definition) is 3. The number of carbonyl (C=O) groups excluding carboxylic acids is 1. The fourth-order valence-electron chi connectivity index (χ4n) is 0.433. The van der Waals surface area contributed by atoms with Crippen LogP contribution in [-0.4, -0.2) is 15.7 Å². The zero-order valence-electron chi connectivity index (χ0n) is 6.61. The van der Waals surface area contributed by atoms with Crippen LogP contribution in [0, 0.1) is 0 Å². The summed E-state index contributed by atoms with van der Waals surface area (Å²) in [7, 11) is 1.83. The molecular formula is C6H12N4O. The van der Waals surface area contributed by atoms with Gasteiger partial charge in [-0.15, -0.1) is 0 Å². The minimum absolute atomic E-state index is 0.333. The van der Waals surface area contributed by atoms with Crippen molar-refractivity contribution in [2.75, 3.05) is 5.73 Å². The van der Waals surface area contributed by atoms with Gasteiger partial charge in [-0.1, -0.05) is 0 Å². The van der Waals surface area contributed by atoms with Crippen LogP contribution in [0.2, 0.25) is 0 Å². The molecule has 1 amide bonds. The molecule has 0 spiro atoms. The van der Waals surface area contributed by atoms with Crippen molar-refractivity contribution >= 4 is 11.7 Å². The summed E-state index contributed by atoms with van der Waals surface area (Å²) in [5, 5.41) is 3.81. The van der Waals surface area contributed by atoms with Gasteiger partial charge in [-0.25, -0.2) is 0 Å². The van der Waals surface area contributed by atoms with Crippen LogP contribution >= 0.6 is 0 Å². The van der Waals surface area contributed by atoms with Crippen molar-refractivity contribution in [1.29, 1.82) is 0 Å². The number of rotatable bonds is 0. The second-order valence-corrected chi connectivity index (χ2v) is 2.02. The fraction of sp³-hybridized carbons (Fsp3) is 0.333. The summed E-state index contributed by atoms with van der Waals surface area (Å²) in [6.45, 7) is 1.31. The summed E-state index contributed by atoms with van der Waals surface area (Å²) in [5.74, 6) is 0.238. The van der Waals surface area contributed by atoms with Gasteiger partial charge in [0.15, 0.2) is 0 Å². The van der Waals surface area contributed by atoms with Gasteiger partial charge in [-0.3, -0.25) is 9.48 Å². The van der Waals surface area contributed by atoms with E-state index in [1.54, 1.807) is 16.9 Å². The van der Waals surface area contributed by atoms with Crippen LogP contribution in [0.1, 0.15) is 6.92 Å². The fourth-order valence-corrected chi connectivity index (χ4v) is 0.433. The van der Waals surface area contributed by atoms with Gasteiger partial charge in [-0.05, 0) is 6.07 Å². The van der Waals surface area contributed by atoms with Crippen LogP contribution in [-0.2, 0) is 11.8 Å². The second-order valence-electron chi connectivity index (χ2n) is 2.02. The van der Waals surface area contributed by atoms with E-state index in [2.05, 4.69) is 10.8 Å². The molecule has 11 heavy (non-hydrogen) atoms. The average molecular weight is 156 g/mol. The molecule has 0 aliphatic carbocycles. The number of amides is 1. The number of primary amides is 1. The largest absolute Gasteiger partial charge is 0.382 e. The summed E-state index contributed by atoms with van der Waals surface area (Å²) < 4.78 is 1.66. The molecule has 1 aromatic heterocycles. The molecule has 0 saturated carbocycles.